The van der Waals surface area contributed by atoms with Gasteiger partial charge in [0.25, 0.3) is 5.91 Å². The van der Waals surface area contributed by atoms with E-state index in [0.717, 1.165) is 13.0 Å². The summed E-state index contributed by atoms with van der Waals surface area (Å²) in [6.45, 7) is 1.55. The summed E-state index contributed by atoms with van der Waals surface area (Å²) in [6.07, 6.45) is 0.829. The Bertz CT molecular complexity index is 455. The van der Waals surface area contributed by atoms with E-state index < -0.39 is 11.5 Å². The summed E-state index contributed by atoms with van der Waals surface area (Å²) in [7, 11) is 0. The number of amides is 1. The molecule has 0 saturated carbocycles. The quantitative estimate of drug-likeness (QED) is 0.603. The number of hydrogen-bond donors (Lipinski definition) is 3. The van der Waals surface area contributed by atoms with Gasteiger partial charge in [-0.25, -0.2) is 4.39 Å². The molecule has 0 radical (unpaired) electrons. The van der Waals surface area contributed by atoms with Crippen LogP contribution in [0.25, 0.3) is 0 Å². The lowest BCUT2D eigenvalue weighted by molar-refractivity contribution is 0.0907. The Balaban J connectivity index is 2.02. The van der Waals surface area contributed by atoms with Gasteiger partial charge in [0.1, 0.15) is 11.5 Å². The Morgan fingerprint density at radius 2 is 2.19 bits per heavy atom. The van der Waals surface area contributed by atoms with E-state index in [2.05, 4.69) is 16.0 Å². The van der Waals surface area contributed by atoms with Gasteiger partial charge in [0.2, 0.25) is 0 Å². The van der Waals surface area contributed by atoms with Gasteiger partial charge in [-0.1, -0.05) is 0 Å². The van der Waals surface area contributed by atoms with Crippen molar-refractivity contribution in [2.45, 2.75) is 12.1 Å². The third-order valence-corrected chi connectivity index (χ3v) is 3.11. The maximum atomic E-state index is 13.0. The number of anilines is 1. The molecule has 1 aromatic carbocycles. The molecule has 3 N–H and O–H groups in total. The highest BCUT2D eigenvalue weighted by Crippen LogP contribution is 2.28. The predicted molar refractivity (Wildman–Crippen MR) is 57.7 cm³/mol. The number of hydrogen-bond acceptors (Lipinski definition) is 3. The van der Waals surface area contributed by atoms with Crippen LogP contribution in [0.2, 0.25) is 0 Å². The summed E-state index contributed by atoms with van der Waals surface area (Å²) < 4.78 is 13.0. The fourth-order valence-electron chi connectivity index (χ4n) is 2.29. The zero-order valence-electron chi connectivity index (χ0n) is 8.64. The first-order valence-electron chi connectivity index (χ1n) is 5.30. The van der Waals surface area contributed by atoms with Crippen LogP contribution in [0.5, 0.6) is 0 Å². The summed E-state index contributed by atoms with van der Waals surface area (Å²) in [5.41, 5.74) is 0.674. The Kier molecular flexibility index (Phi) is 1.91. The second-order valence-electron chi connectivity index (χ2n) is 4.28. The van der Waals surface area contributed by atoms with Crippen LogP contribution < -0.4 is 16.0 Å². The maximum Gasteiger partial charge on any atom is 0.255 e. The normalized spacial score (nSPS) is 27.4. The van der Waals surface area contributed by atoms with Crippen LogP contribution in [0.4, 0.5) is 10.1 Å². The third-order valence-electron chi connectivity index (χ3n) is 3.11. The molecule has 1 spiro atoms. The molecule has 2 aliphatic heterocycles. The molecule has 2 aliphatic rings. The molecule has 0 aliphatic carbocycles. The van der Waals surface area contributed by atoms with Crippen LogP contribution in [-0.2, 0) is 0 Å². The predicted octanol–water partition coefficient (Wildman–Crippen LogP) is 0.671. The maximum absolute atomic E-state index is 13.0. The molecule has 0 bridgehead atoms. The summed E-state index contributed by atoms with van der Waals surface area (Å²) in [5.74, 6) is -0.604. The number of carbonyl (C=O) groups is 1. The van der Waals surface area contributed by atoms with Gasteiger partial charge in [-0.05, 0) is 24.7 Å². The number of fused-ring (bicyclic) bond motifs is 1. The van der Waals surface area contributed by atoms with Gasteiger partial charge in [0.05, 0.1) is 5.56 Å². The second kappa shape index (κ2) is 3.18. The van der Waals surface area contributed by atoms with Crippen molar-refractivity contribution in [3.05, 3.63) is 29.6 Å². The summed E-state index contributed by atoms with van der Waals surface area (Å²) in [5, 5.41) is 9.36. The van der Waals surface area contributed by atoms with E-state index >= 15 is 0 Å². The molecule has 1 aromatic rings. The van der Waals surface area contributed by atoms with Crippen molar-refractivity contribution in [1.82, 2.24) is 10.6 Å². The highest BCUT2D eigenvalue weighted by Gasteiger charge is 2.39. The molecule has 0 aromatic heterocycles. The Morgan fingerprint density at radius 3 is 2.94 bits per heavy atom. The number of halogens is 1. The average Bonchev–Trinajstić information content (AvgIpc) is 2.68. The van der Waals surface area contributed by atoms with E-state index in [9.17, 15) is 9.18 Å². The highest BCUT2D eigenvalue weighted by atomic mass is 19.1. The van der Waals surface area contributed by atoms with Crippen LogP contribution in [0.1, 0.15) is 16.8 Å². The molecule has 1 amide bonds. The van der Waals surface area contributed by atoms with E-state index in [1.54, 1.807) is 6.07 Å². The van der Waals surface area contributed by atoms with E-state index in [-0.39, 0.29) is 5.91 Å². The molecule has 1 fully saturated rings. The van der Waals surface area contributed by atoms with Crippen molar-refractivity contribution in [2.75, 3.05) is 18.4 Å². The number of nitrogens with one attached hydrogen (secondary N) is 3. The summed E-state index contributed by atoms with van der Waals surface area (Å²) >= 11 is 0. The fourth-order valence-corrected chi connectivity index (χ4v) is 2.29. The third kappa shape index (κ3) is 1.36. The molecule has 16 heavy (non-hydrogen) atoms. The molecule has 1 atom stereocenters. The van der Waals surface area contributed by atoms with Crippen molar-refractivity contribution >= 4 is 11.6 Å². The van der Waals surface area contributed by atoms with Gasteiger partial charge >= 0.3 is 0 Å². The minimum absolute atomic E-state index is 0.211. The van der Waals surface area contributed by atoms with E-state index in [0.29, 0.717) is 17.8 Å². The van der Waals surface area contributed by atoms with E-state index in [4.69, 9.17) is 0 Å². The Morgan fingerprint density at radius 1 is 1.31 bits per heavy atom. The minimum atomic E-state index is -0.401. The van der Waals surface area contributed by atoms with Crippen LogP contribution in [0, 0.1) is 5.82 Å². The first-order valence-corrected chi connectivity index (χ1v) is 5.30. The van der Waals surface area contributed by atoms with Gasteiger partial charge in [0, 0.05) is 18.7 Å². The van der Waals surface area contributed by atoms with Gasteiger partial charge in [-0.3, -0.25) is 4.79 Å². The second-order valence-corrected chi connectivity index (χ2v) is 4.28. The smallest absolute Gasteiger partial charge is 0.255 e. The van der Waals surface area contributed by atoms with Crippen LogP contribution in [0.15, 0.2) is 18.2 Å². The molecule has 2 heterocycles. The van der Waals surface area contributed by atoms with Crippen molar-refractivity contribution in [1.29, 1.82) is 0 Å². The van der Waals surface area contributed by atoms with Gasteiger partial charge in [-0.2, -0.15) is 0 Å². The van der Waals surface area contributed by atoms with Crippen LogP contribution in [-0.4, -0.2) is 24.7 Å². The summed E-state index contributed by atoms with van der Waals surface area (Å²) in [6, 6.07) is 4.23. The monoisotopic (exact) mass is 221 g/mol. The van der Waals surface area contributed by atoms with Crippen molar-refractivity contribution < 1.29 is 9.18 Å². The zero-order chi connectivity index (χ0) is 11.2. The fraction of sp³-hybridized carbons (Fsp3) is 0.364. The van der Waals surface area contributed by atoms with Gasteiger partial charge in [-0.15, -0.1) is 0 Å². The first kappa shape index (κ1) is 9.59. The molecule has 3 rings (SSSR count). The standard InChI is InChI=1S/C11H12FN3O/c12-7-1-2-9-8(5-7)10(16)15-11(14-9)3-4-13-6-11/h1-2,5,13-14H,3-4,6H2,(H,15,16)/t11-/m0/s1. The van der Waals surface area contributed by atoms with Crippen LogP contribution in [0.3, 0.4) is 0 Å². The lowest BCUT2D eigenvalue weighted by Crippen LogP contribution is -2.58. The molecular weight excluding hydrogens is 209 g/mol. The largest absolute Gasteiger partial charge is 0.361 e. The van der Waals surface area contributed by atoms with Gasteiger partial charge < -0.3 is 16.0 Å². The average molecular weight is 221 g/mol. The van der Waals surface area contributed by atoms with Crippen molar-refractivity contribution in [3.8, 4) is 0 Å². The van der Waals surface area contributed by atoms with Crippen molar-refractivity contribution in [2.24, 2.45) is 0 Å². The SMILES string of the molecule is O=C1N[C@]2(CCNC2)Nc2ccc(F)cc21. The zero-order valence-corrected chi connectivity index (χ0v) is 8.64. The number of benzene rings is 1. The lowest BCUT2D eigenvalue weighted by Gasteiger charge is -2.36. The molecule has 0 unspecified atom stereocenters. The molecule has 4 nitrogen and oxygen atoms in total. The number of rotatable bonds is 0. The van der Waals surface area contributed by atoms with Gasteiger partial charge in [0.15, 0.2) is 0 Å². The number of carbonyl (C=O) groups excluding carboxylic acids is 1. The minimum Gasteiger partial charge on any atom is -0.361 e. The lowest BCUT2D eigenvalue weighted by atomic mass is 10.0. The van der Waals surface area contributed by atoms with E-state index in [1.807, 2.05) is 0 Å². The van der Waals surface area contributed by atoms with E-state index in [1.165, 1.54) is 12.1 Å². The Hall–Kier alpha value is -1.62. The summed E-state index contributed by atoms with van der Waals surface area (Å²) in [4.78, 5) is 11.9. The molecule has 5 heteroatoms. The molecule has 1 saturated heterocycles. The highest BCUT2D eigenvalue weighted by molar-refractivity contribution is 6.02. The first-order chi connectivity index (χ1) is 7.69. The van der Waals surface area contributed by atoms with Crippen molar-refractivity contribution in [3.63, 3.8) is 0 Å². The topological polar surface area (TPSA) is 53.2 Å². The molecule has 84 valence electrons. The Labute approximate surface area is 92.2 Å². The molecular formula is C11H12FN3O. The van der Waals surface area contributed by atoms with Crippen LogP contribution >= 0.6 is 0 Å².